The predicted octanol–water partition coefficient (Wildman–Crippen LogP) is 0.105. The van der Waals surface area contributed by atoms with Crippen LogP contribution in [0.15, 0.2) is 16.9 Å². The Morgan fingerprint density at radius 1 is 1.47 bits per heavy atom. The lowest BCUT2D eigenvalue weighted by Crippen LogP contribution is -2.08. The van der Waals surface area contributed by atoms with Crippen LogP contribution in [-0.4, -0.2) is 33.8 Å². The molecule has 3 N–H and O–H groups in total. The molecule has 0 amide bonds. The van der Waals surface area contributed by atoms with Gasteiger partial charge in [0.2, 0.25) is 17.7 Å². The van der Waals surface area contributed by atoms with Gasteiger partial charge in [-0.25, -0.2) is 0 Å². The number of ether oxygens (including phenoxy) is 1. The number of nitrogens with two attached hydrogens (primary N) is 1. The zero-order valence-electron chi connectivity index (χ0n) is 9.25. The van der Waals surface area contributed by atoms with Gasteiger partial charge in [-0.3, -0.25) is 0 Å². The van der Waals surface area contributed by atoms with Crippen molar-refractivity contribution in [3.8, 4) is 5.88 Å². The van der Waals surface area contributed by atoms with Crippen molar-refractivity contribution in [2.45, 2.75) is 6.42 Å². The fraction of sp³-hybridized carbons (Fsp3) is 0.333. The first kappa shape index (κ1) is 11.1. The number of nitrogens with zero attached hydrogens (tertiary/aromatic N) is 4. The van der Waals surface area contributed by atoms with Crippen LogP contribution in [0.5, 0.6) is 5.88 Å². The van der Waals surface area contributed by atoms with E-state index in [1.165, 1.54) is 13.4 Å². The summed E-state index contributed by atoms with van der Waals surface area (Å²) < 4.78 is 9.83. The summed E-state index contributed by atoms with van der Waals surface area (Å²) >= 11 is 0. The molecule has 0 aliphatic heterocycles. The summed E-state index contributed by atoms with van der Waals surface area (Å²) in [6.07, 6.45) is 1.97. The van der Waals surface area contributed by atoms with Crippen molar-refractivity contribution in [2.24, 2.45) is 0 Å². The van der Waals surface area contributed by atoms with Gasteiger partial charge in [0.15, 0.2) is 6.33 Å². The van der Waals surface area contributed by atoms with Crippen LogP contribution in [0.4, 0.5) is 11.8 Å². The fourth-order valence-electron chi connectivity index (χ4n) is 1.24. The number of rotatable bonds is 5. The maximum Gasteiger partial charge on any atom is 0.228 e. The van der Waals surface area contributed by atoms with Gasteiger partial charge in [0.25, 0.3) is 0 Å². The minimum absolute atomic E-state index is 0.157. The summed E-state index contributed by atoms with van der Waals surface area (Å²) in [6, 6.07) is 1.66. The highest BCUT2D eigenvalue weighted by Crippen LogP contribution is 2.13. The number of aromatic nitrogens is 4. The van der Waals surface area contributed by atoms with Crippen LogP contribution in [0.3, 0.4) is 0 Å². The van der Waals surface area contributed by atoms with Crippen LogP contribution in [0.1, 0.15) is 5.89 Å². The fourth-order valence-corrected chi connectivity index (χ4v) is 1.24. The topological polar surface area (TPSA) is 112 Å². The number of nitrogens with one attached hydrogen (secondary N) is 1. The van der Waals surface area contributed by atoms with Gasteiger partial charge in [0.1, 0.15) is 5.82 Å². The van der Waals surface area contributed by atoms with Gasteiger partial charge >= 0.3 is 0 Å². The average Bonchev–Trinajstić information content (AvgIpc) is 2.81. The van der Waals surface area contributed by atoms with Crippen molar-refractivity contribution in [3.63, 3.8) is 0 Å². The number of methoxy groups -OCH3 is 1. The van der Waals surface area contributed by atoms with Crippen molar-refractivity contribution in [3.05, 3.63) is 18.3 Å². The van der Waals surface area contributed by atoms with Gasteiger partial charge in [0.05, 0.1) is 7.11 Å². The second-order valence-corrected chi connectivity index (χ2v) is 3.17. The Balaban J connectivity index is 1.92. The molecule has 0 saturated heterocycles. The maximum atomic E-state index is 5.52. The molecule has 0 aliphatic rings. The molecule has 0 radical (unpaired) electrons. The van der Waals surface area contributed by atoms with Crippen molar-refractivity contribution < 1.29 is 9.26 Å². The molecule has 0 aliphatic carbocycles. The molecule has 8 nitrogen and oxygen atoms in total. The van der Waals surface area contributed by atoms with E-state index in [0.717, 1.165) is 0 Å². The van der Waals surface area contributed by atoms with E-state index in [1.807, 2.05) is 0 Å². The number of hydrogen-bond acceptors (Lipinski definition) is 8. The van der Waals surface area contributed by atoms with Gasteiger partial charge in [-0.2, -0.15) is 15.0 Å². The van der Waals surface area contributed by atoms with Crippen LogP contribution in [0.2, 0.25) is 0 Å². The number of hydrogen-bond donors (Lipinski definition) is 2. The average molecular weight is 236 g/mol. The first-order valence-corrected chi connectivity index (χ1v) is 4.96. The number of anilines is 2. The number of nitrogen functional groups attached to an aromatic ring is 1. The molecule has 2 rings (SSSR count). The Morgan fingerprint density at radius 3 is 3.06 bits per heavy atom. The molecule has 0 bridgehead atoms. The van der Waals surface area contributed by atoms with Gasteiger partial charge in [0, 0.05) is 19.0 Å². The highest BCUT2D eigenvalue weighted by Gasteiger charge is 2.03. The molecule has 0 fully saturated rings. The van der Waals surface area contributed by atoms with Crippen LogP contribution < -0.4 is 15.8 Å². The largest absolute Gasteiger partial charge is 0.481 e. The third-order valence-electron chi connectivity index (χ3n) is 1.98. The lowest BCUT2D eigenvalue weighted by Gasteiger charge is -2.06. The molecule has 2 aromatic rings. The van der Waals surface area contributed by atoms with Crippen LogP contribution in [0.25, 0.3) is 0 Å². The Morgan fingerprint density at radius 2 is 2.35 bits per heavy atom. The van der Waals surface area contributed by atoms with E-state index in [2.05, 4.69) is 25.4 Å². The highest BCUT2D eigenvalue weighted by molar-refractivity contribution is 5.42. The smallest absolute Gasteiger partial charge is 0.228 e. The van der Waals surface area contributed by atoms with E-state index in [9.17, 15) is 0 Å². The molecule has 2 heterocycles. The third-order valence-corrected chi connectivity index (χ3v) is 1.98. The van der Waals surface area contributed by atoms with E-state index in [0.29, 0.717) is 30.6 Å². The van der Waals surface area contributed by atoms with E-state index in [4.69, 9.17) is 15.0 Å². The molecular formula is C9H12N6O2. The second kappa shape index (κ2) is 5.10. The molecule has 0 spiro atoms. The standard InChI is InChI=1S/C9H12N6O2/c1-16-8-4-6(14-9(10)15-8)11-3-2-7-12-5-13-17-7/h4-5H,2-3H2,1H3,(H3,10,11,14,15). The summed E-state index contributed by atoms with van der Waals surface area (Å²) in [6.45, 7) is 0.599. The molecule has 0 atom stereocenters. The molecule has 0 aromatic carbocycles. The normalized spacial score (nSPS) is 10.2. The minimum atomic E-state index is 0.157. The third kappa shape index (κ3) is 3.03. The lowest BCUT2D eigenvalue weighted by molar-refractivity contribution is 0.379. The van der Waals surface area contributed by atoms with Crippen LogP contribution >= 0.6 is 0 Å². The van der Waals surface area contributed by atoms with Crippen LogP contribution in [-0.2, 0) is 6.42 Å². The zero-order chi connectivity index (χ0) is 12.1. The van der Waals surface area contributed by atoms with Crippen molar-refractivity contribution in [1.29, 1.82) is 0 Å². The quantitative estimate of drug-likeness (QED) is 0.751. The SMILES string of the molecule is COc1cc(NCCc2ncno2)nc(N)n1. The highest BCUT2D eigenvalue weighted by atomic mass is 16.5. The Hall–Kier alpha value is -2.38. The molecule has 17 heavy (non-hydrogen) atoms. The molecule has 0 saturated carbocycles. The maximum absolute atomic E-state index is 5.52. The van der Waals surface area contributed by atoms with E-state index >= 15 is 0 Å². The molecule has 2 aromatic heterocycles. The van der Waals surface area contributed by atoms with Crippen LogP contribution in [0, 0.1) is 0 Å². The second-order valence-electron chi connectivity index (χ2n) is 3.17. The van der Waals surface area contributed by atoms with Crippen molar-refractivity contribution >= 4 is 11.8 Å². The minimum Gasteiger partial charge on any atom is -0.481 e. The van der Waals surface area contributed by atoms with Gasteiger partial charge < -0.3 is 20.3 Å². The molecule has 0 unspecified atom stereocenters. The molecule has 90 valence electrons. The van der Waals surface area contributed by atoms with E-state index in [-0.39, 0.29) is 5.95 Å². The Labute approximate surface area is 97.2 Å². The van der Waals surface area contributed by atoms with Crippen molar-refractivity contribution in [1.82, 2.24) is 20.1 Å². The predicted molar refractivity (Wildman–Crippen MR) is 59.5 cm³/mol. The van der Waals surface area contributed by atoms with Gasteiger partial charge in [-0.05, 0) is 0 Å². The van der Waals surface area contributed by atoms with E-state index < -0.39 is 0 Å². The van der Waals surface area contributed by atoms with Crippen molar-refractivity contribution in [2.75, 3.05) is 24.7 Å². The van der Waals surface area contributed by atoms with Gasteiger partial charge in [-0.1, -0.05) is 5.16 Å². The summed E-state index contributed by atoms with van der Waals surface area (Å²) in [4.78, 5) is 11.8. The van der Waals surface area contributed by atoms with Gasteiger partial charge in [-0.15, -0.1) is 0 Å². The first-order valence-electron chi connectivity index (χ1n) is 4.96. The molecule has 8 heteroatoms. The molecular weight excluding hydrogens is 224 g/mol. The monoisotopic (exact) mass is 236 g/mol. The summed E-state index contributed by atoms with van der Waals surface area (Å²) in [5, 5.41) is 6.57. The summed E-state index contributed by atoms with van der Waals surface area (Å²) in [5.41, 5.74) is 5.52. The lowest BCUT2D eigenvalue weighted by atomic mass is 10.4. The summed E-state index contributed by atoms with van der Waals surface area (Å²) in [5.74, 6) is 1.72. The summed E-state index contributed by atoms with van der Waals surface area (Å²) in [7, 11) is 1.52. The zero-order valence-corrected chi connectivity index (χ0v) is 9.25. The van der Waals surface area contributed by atoms with E-state index in [1.54, 1.807) is 6.07 Å². The Kier molecular flexibility index (Phi) is 3.34. The Bertz CT molecular complexity index is 472. The first-order chi connectivity index (χ1) is 8.28.